The SMILES string of the molecule is Fc1cccc(Cl)c1-c1nc2c3ccc(Br)cc3c3cc(Br)ccc3c2[nH]1. The van der Waals surface area contributed by atoms with E-state index in [-0.39, 0.29) is 5.56 Å². The minimum atomic E-state index is -0.402. The number of rotatable bonds is 1. The molecule has 27 heavy (non-hydrogen) atoms. The number of imidazole rings is 1. The van der Waals surface area contributed by atoms with E-state index in [1.807, 2.05) is 24.3 Å². The molecule has 0 unspecified atom stereocenters. The molecule has 0 saturated carbocycles. The van der Waals surface area contributed by atoms with Crippen LogP contribution >= 0.6 is 43.5 Å². The van der Waals surface area contributed by atoms with Crippen molar-refractivity contribution < 1.29 is 4.39 Å². The van der Waals surface area contributed by atoms with Gasteiger partial charge in [-0.15, -0.1) is 0 Å². The van der Waals surface area contributed by atoms with Crippen LogP contribution in [0.4, 0.5) is 4.39 Å². The van der Waals surface area contributed by atoms with Crippen molar-refractivity contribution in [2.75, 3.05) is 0 Å². The average molecular weight is 505 g/mol. The molecule has 4 aromatic carbocycles. The molecule has 2 nitrogen and oxygen atoms in total. The Bertz CT molecular complexity index is 1280. The van der Waals surface area contributed by atoms with E-state index in [4.69, 9.17) is 16.6 Å². The highest BCUT2D eigenvalue weighted by atomic mass is 79.9. The van der Waals surface area contributed by atoms with Crippen LogP contribution in [0.25, 0.3) is 44.0 Å². The first-order valence-corrected chi connectivity index (χ1v) is 10.1. The van der Waals surface area contributed by atoms with Crippen LogP contribution in [0.15, 0.2) is 63.5 Å². The fourth-order valence-corrected chi connectivity index (χ4v) is 4.48. The summed E-state index contributed by atoms with van der Waals surface area (Å²) in [7, 11) is 0. The van der Waals surface area contributed by atoms with Crippen LogP contribution in [0.3, 0.4) is 0 Å². The van der Waals surface area contributed by atoms with Gasteiger partial charge in [0.05, 0.1) is 21.6 Å². The lowest BCUT2D eigenvalue weighted by Crippen LogP contribution is -1.87. The number of nitrogens with one attached hydrogen (secondary N) is 1. The molecule has 0 fully saturated rings. The smallest absolute Gasteiger partial charge is 0.143 e. The standard InChI is InChI=1S/C21H10Br2ClFN2/c22-10-4-6-12-14(8-10)15-9-11(23)5-7-13(15)20-19(12)26-21(27-20)18-16(24)2-1-3-17(18)25/h1-9H,(H,26,27). The molecule has 5 aromatic rings. The maximum Gasteiger partial charge on any atom is 0.143 e. The number of nitrogens with zero attached hydrogens (tertiary/aromatic N) is 1. The number of H-pyrrole nitrogens is 1. The number of hydrogen-bond donors (Lipinski definition) is 1. The first-order valence-electron chi connectivity index (χ1n) is 8.17. The Balaban J connectivity index is 1.98. The van der Waals surface area contributed by atoms with E-state index in [0.717, 1.165) is 41.5 Å². The lowest BCUT2D eigenvalue weighted by molar-refractivity contribution is 0.630. The van der Waals surface area contributed by atoms with Crippen molar-refractivity contribution in [2.45, 2.75) is 0 Å². The molecule has 0 atom stereocenters. The molecule has 0 aliphatic carbocycles. The van der Waals surface area contributed by atoms with Crippen molar-refractivity contribution in [3.05, 3.63) is 74.4 Å². The van der Waals surface area contributed by atoms with Gasteiger partial charge in [-0.3, -0.25) is 0 Å². The van der Waals surface area contributed by atoms with Crippen LogP contribution in [0.1, 0.15) is 0 Å². The second-order valence-corrected chi connectivity index (χ2v) is 8.52. The molecule has 1 N–H and O–H groups in total. The van der Waals surface area contributed by atoms with Gasteiger partial charge in [0.1, 0.15) is 11.6 Å². The van der Waals surface area contributed by atoms with Gasteiger partial charge in [-0.25, -0.2) is 9.37 Å². The molecule has 0 radical (unpaired) electrons. The van der Waals surface area contributed by atoms with Crippen molar-refractivity contribution >= 4 is 76.0 Å². The summed E-state index contributed by atoms with van der Waals surface area (Å²) in [5.41, 5.74) is 1.94. The van der Waals surface area contributed by atoms with Gasteiger partial charge in [-0.05, 0) is 47.2 Å². The second kappa shape index (κ2) is 6.30. The summed E-state index contributed by atoms with van der Waals surface area (Å²) in [5, 5.41) is 4.50. The quantitative estimate of drug-likeness (QED) is 0.231. The maximum atomic E-state index is 14.4. The van der Waals surface area contributed by atoms with E-state index in [9.17, 15) is 4.39 Å². The van der Waals surface area contributed by atoms with E-state index in [1.54, 1.807) is 12.1 Å². The maximum absolute atomic E-state index is 14.4. The van der Waals surface area contributed by atoms with Crippen LogP contribution in [-0.4, -0.2) is 9.97 Å². The first kappa shape index (κ1) is 17.2. The molecule has 6 heteroatoms. The number of halogens is 4. The molecule has 0 aliphatic heterocycles. The van der Waals surface area contributed by atoms with Crippen molar-refractivity contribution in [1.82, 2.24) is 9.97 Å². The number of aromatic nitrogens is 2. The Labute approximate surface area is 175 Å². The molecule has 1 heterocycles. The molecular formula is C21H10Br2ClFN2. The average Bonchev–Trinajstić information content (AvgIpc) is 3.06. The van der Waals surface area contributed by atoms with Crippen LogP contribution in [0.2, 0.25) is 5.02 Å². The van der Waals surface area contributed by atoms with Crippen molar-refractivity contribution in [1.29, 1.82) is 0 Å². The molecule has 1 aromatic heterocycles. The summed E-state index contributed by atoms with van der Waals surface area (Å²) in [6.07, 6.45) is 0. The zero-order valence-electron chi connectivity index (χ0n) is 13.7. The topological polar surface area (TPSA) is 28.7 Å². The zero-order valence-corrected chi connectivity index (χ0v) is 17.6. The lowest BCUT2D eigenvalue weighted by atomic mass is 10.0. The fraction of sp³-hybridized carbons (Fsp3) is 0. The van der Waals surface area contributed by atoms with Gasteiger partial charge < -0.3 is 4.98 Å². The molecule has 5 rings (SSSR count). The Morgan fingerprint density at radius 3 is 2.22 bits per heavy atom. The van der Waals surface area contributed by atoms with E-state index >= 15 is 0 Å². The summed E-state index contributed by atoms with van der Waals surface area (Å²) in [6.45, 7) is 0. The Kier molecular flexibility index (Phi) is 4.00. The predicted octanol–water partition coefficient (Wildman–Crippen LogP) is 7.85. The van der Waals surface area contributed by atoms with Gasteiger partial charge in [0.2, 0.25) is 0 Å². The Morgan fingerprint density at radius 1 is 0.852 bits per heavy atom. The number of fused-ring (bicyclic) bond motifs is 6. The van der Waals surface area contributed by atoms with E-state index in [0.29, 0.717) is 10.8 Å². The van der Waals surface area contributed by atoms with Gasteiger partial charge in [-0.1, -0.05) is 61.7 Å². The van der Waals surface area contributed by atoms with Crippen molar-refractivity contribution in [2.24, 2.45) is 0 Å². The van der Waals surface area contributed by atoms with E-state index in [2.05, 4.69) is 49.0 Å². The van der Waals surface area contributed by atoms with Gasteiger partial charge in [-0.2, -0.15) is 0 Å². The van der Waals surface area contributed by atoms with Crippen LogP contribution in [0, 0.1) is 5.82 Å². The van der Waals surface area contributed by atoms with Gasteiger partial charge >= 0.3 is 0 Å². The van der Waals surface area contributed by atoms with Crippen LogP contribution < -0.4 is 0 Å². The first-order chi connectivity index (χ1) is 13.0. The van der Waals surface area contributed by atoms with E-state index < -0.39 is 5.82 Å². The highest BCUT2D eigenvalue weighted by molar-refractivity contribution is 9.10. The summed E-state index contributed by atoms with van der Waals surface area (Å²) in [4.78, 5) is 8.03. The fourth-order valence-electron chi connectivity index (χ4n) is 3.51. The van der Waals surface area contributed by atoms with E-state index in [1.165, 1.54) is 6.07 Å². The summed E-state index contributed by atoms with van der Waals surface area (Å²) < 4.78 is 16.4. The number of hydrogen-bond acceptors (Lipinski definition) is 1. The van der Waals surface area contributed by atoms with Crippen LogP contribution in [-0.2, 0) is 0 Å². The van der Waals surface area contributed by atoms with Crippen LogP contribution in [0.5, 0.6) is 0 Å². The molecule has 0 spiro atoms. The zero-order chi connectivity index (χ0) is 18.7. The molecule has 0 aliphatic rings. The van der Waals surface area contributed by atoms with Crippen molar-refractivity contribution in [3.8, 4) is 11.4 Å². The summed E-state index contributed by atoms with van der Waals surface area (Å²) in [6, 6.07) is 16.8. The Morgan fingerprint density at radius 2 is 1.52 bits per heavy atom. The largest absolute Gasteiger partial charge is 0.337 e. The summed E-state index contributed by atoms with van der Waals surface area (Å²) in [5.74, 6) is 0.0217. The van der Waals surface area contributed by atoms with Gasteiger partial charge in [0, 0.05) is 19.7 Å². The highest BCUT2D eigenvalue weighted by Crippen LogP contribution is 2.38. The lowest BCUT2D eigenvalue weighted by Gasteiger charge is -2.07. The number of aromatic amines is 1. The molecule has 0 bridgehead atoms. The van der Waals surface area contributed by atoms with Gasteiger partial charge in [0.15, 0.2) is 0 Å². The third-order valence-electron chi connectivity index (χ3n) is 4.68. The summed E-state index contributed by atoms with van der Waals surface area (Å²) >= 11 is 13.4. The molecule has 132 valence electrons. The Hall–Kier alpha value is -1.95. The molecule has 0 saturated heterocycles. The second-order valence-electron chi connectivity index (χ2n) is 6.29. The van der Waals surface area contributed by atoms with Crippen molar-refractivity contribution in [3.63, 3.8) is 0 Å². The predicted molar refractivity (Wildman–Crippen MR) is 117 cm³/mol. The highest BCUT2D eigenvalue weighted by Gasteiger charge is 2.18. The monoisotopic (exact) mass is 502 g/mol. The third-order valence-corrected chi connectivity index (χ3v) is 5.98. The number of benzene rings is 4. The normalized spacial score (nSPS) is 11.7. The molecule has 0 amide bonds. The minimum Gasteiger partial charge on any atom is -0.337 e. The third kappa shape index (κ3) is 2.68. The minimum absolute atomic E-state index is 0.283. The molecular weight excluding hydrogens is 495 g/mol. The van der Waals surface area contributed by atoms with Gasteiger partial charge in [0.25, 0.3) is 0 Å².